The Labute approximate surface area is 144 Å². The average molecular weight is 331 g/mol. The number of amides is 2. The maximum Gasteiger partial charge on any atom is 0.315 e. The number of carbonyl (C=O) groups is 1. The van der Waals surface area contributed by atoms with Crippen molar-refractivity contribution in [3.63, 3.8) is 0 Å². The van der Waals surface area contributed by atoms with Crippen LogP contribution in [0.3, 0.4) is 0 Å². The SMILES string of the molecule is CC1CC(NC(=O)NCC2(O)CCCC2)CN1Cc1ccccc1. The van der Waals surface area contributed by atoms with Crippen molar-refractivity contribution in [2.24, 2.45) is 0 Å². The smallest absolute Gasteiger partial charge is 0.315 e. The molecule has 2 atom stereocenters. The van der Waals surface area contributed by atoms with Crippen LogP contribution >= 0.6 is 0 Å². The molecule has 0 radical (unpaired) electrons. The predicted octanol–water partition coefficient (Wildman–Crippen LogP) is 2.25. The lowest BCUT2D eigenvalue weighted by atomic mass is 10.0. The van der Waals surface area contributed by atoms with Gasteiger partial charge in [-0.15, -0.1) is 0 Å². The number of carbonyl (C=O) groups excluding carboxylic acids is 1. The Balaban J connectivity index is 1.43. The number of likely N-dealkylation sites (tertiary alicyclic amines) is 1. The summed E-state index contributed by atoms with van der Waals surface area (Å²) in [6, 6.07) is 10.9. The van der Waals surface area contributed by atoms with Crippen molar-refractivity contribution < 1.29 is 9.90 Å². The highest BCUT2D eigenvalue weighted by atomic mass is 16.3. The summed E-state index contributed by atoms with van der Waals surface area (Å²) >= 11 is 0. The van der Waals surface area contributed by atoms with Crippen LogP contribution in [0.2, 0.25) is 0 Å². The van der Waals surface area contributed by atoms with Gasteiger partial charge in [-0.2, -0.15) is 0 Å². The molecule has 2 fully saturated rings. The molecule has 24 heavy (non-hydrogen) atoms. The van der Waals surface area contributed by atoms with Crippen LogP contribution in [0.4, 0.5) is 4.79 Å². The van der Waals surface area contributed by atoms with E-state index in [0.717, 1.165) is 45.2 Å². The molecule has 2 amide bonds. The second-order valence-electron chi connectivity index (χ2n) is 7.46. The molecule has 5 heteroatoms. The second kappa shape index (κ2) is 7.53. The number of hydrogen-bond donors (Lipinski definition) is 3. The summed E-state index contributed by atoms with van der Waals surface area (Å²) < 4.78 is 0. The Morgan fingerprint density at radius 3 is 2.71 bits per heavy atom. The first-order valence-electron chi connectivity index (χ1n) is 9.09. The fraction of sp³-hybridized carbons (Fsp3) is 0.632. The van der Waals surface area contributed by atoms with Gasteiger partial charge in [0, 0.05) is 31.7 Å². The number of benzene rings is 1. The minimum absolute atomic E-state index is 0.158. The highest BCUT2D eigenvalue weighted by Crippen LogP contribution is 2.28. The number of nitrogens with one attached hydrogen (secondary N) is 2. The van der Waals surface area contributed by atoms with Crippen LogP contribution in [0.5, 0.6) is 0 Å². The zero-order chi connectivity index (χ0) is 17.0. The standard InChI is InChI=1S/C19H29N3O2/c1-15-11-17(13-22(15)12-16-7-3-2-4-8-16)21-18(23)20-14-19(24)9-5-6-10-19/h2-4,7-8,15,17,24H,5-6,9-14H2,1H3,(H2,20,21,23). The Kier molecular flexibility index (Phi) is 5.41. The first-order valence-corrected chi connectivity index (χ1v) is 9.09. The molecular weight excluding hydrogens is 302 g/mol. The van der Waals surface area contributed by atoms with Crippen LogP contribution < -0.4 is 10.6 Å². The molecule has 132 valence electrons. The van der Waals surface area contributed by atoms with Crippen LogP contribution in [-0.2, 0) is 6.54 Å². The summed E-state index contributed by atoms with van der Waals surface area (Å²) in [7, 11) is 0. The number of urea groups is 1. The molecule has 5 nitrogen and oxygen atoms in total. The van der Waals surface area contributed by atoms with Gasteiger partial charge in [0.2, 0.25) is 0 Å². The minimum Gasteiger partial charge on any atom is -0.388 e. The molecule has 2 aliphatic rings. The Bertz CT molecular complexity index is 543. The summed E-state index contributed by atoms with van der Waals surface area (Å²) in [5.41, 5.74) is 0.609. The molecule has 3 rings (SSSR count). The number of rotatable bonds is 5. The van der Waals surface area contributed by atoms with Gasteiger partial charge < -0.3 is 15.7 Å². The Morgan fingerprint density at radius 1 is 1.29 bits per heavy atom. The van der Waals surface area contributed by atoms with Crippen LogP contribution in [-0.4, -0.2) is 46.8 Å². The van der Waals surface area contributed by atoms with E-state index in [1.165, 1.54) is 5.56 Å². The first-order chi connectivity index (χ1) is 11.5. The van der Waals surface area contributed by atoms with E-state index >= 15 is 0 Å². The summed E-state index contributed by atoms with van der Waals surface area (Å²) in [6.45, 7) is 4.36. The quantitative estimate of drug-likeness (QED) is 0.775. The molecule has 3 N–H and O–H groups in total. The van der Waals surface area contributed by atoms with E-state index in [1.807, 2.05) is 6.07 Å². The van der Waals surface area contributed by atoms with Crippen molar-refractivity contribution in [2.75, 3.05) is 13.1 Å². The van der Waals surface area contributed by atoms with Crippen molar-refractivity contribution in [1.29, 1.82) is 0 Å². The van der Waals surface area contributed by atoms with Crippen molar-refractivity contribution in [1.82, 2.24) is 15.5 Å². The molecule has 1 aliphatic carbocycles. The van der Waals surface area contributed by atoms with E-state index in [0.29, 0.717) is 12.6 Å². The lowest BCUT2D eigenvalue weighted by Crippen LogP contribution is -2.48. The van der Waals surface area contributed by atoms with E-state index in [-0.39, 0.29) is 12.1 Å². The Morgan fingerprint density at radius 2 is 2.00 bits per heavy atom. The normalized spacial score (nSPS) is 26.4. The van der Waals surface area contributed by atoms with Gasteiger partial charge >= 0.3 is 6.03 Å². The number of nitrogens with zero attached hydrogens (tertiary/aromatic N) is 1. The van der Waals surface area contributed by atoms with Gasteiger partial charge in [-0.1, -0.05) is 43.2 Å². The number of hydrogen-bond acceptors (Lipinski definition) is 3. The summed E-state index contributed by atoms with van der Waals surface area (Å²) in [6.07, 6.45) is 4.64. The zero-order valence-corrected chi connectivity index (χ0v) is 14.5. The molecule has 1 aliphatic heterocycles. The molecule has 0 spiro atoms. The molecule has 1 saturated carbocycles. The maximum absolute atomic E-state index is 12.1. The molecule has 1 aromatic carbocycles. The highest BCUT2D eigenvalue weighted by Gasteiger charge is 2.33. The molecule has 1 saturated heterocycles. The number of aliphatic hydroxyl groups is 1. The molecular formula is C19H29N3O2. The van der Waals surface area contributed by atoms with Crippen LogP contribution in [0, 0.1) is 0 Å². The van der Waals surface area contributed by atoms with Gasteiger partial charge in [0.25, 0.3) is 0 Å². The van der Waals surface area contributed by atoms with E-state index in [1.54, 1.807) is 0 Å². The van der Waals surface area contributed by atoms with Gasteiger partial charge in [-0.05, 0) is 31.7 Å². The van der Waals surface area contributed by atoms with Gasteiger partial charge in [0.15, 0.2) is 0 Å². The van der Waals surface area contributed by atoms with Gasteiger partial charge in [0.1, 0.15) is 0 Å². The summed E-state index contributed by atoms with van der Waals surface area (Å²) in [5.74, 6) is 0. The van der Waals surface area contributed by atoms with Crippen molar-refractivity contribution in [3.05, 3.63) is 35.9 Å². The minimum atomic E-state index is -0.695. The fourth-order valence-corrected chi connectivity index (χ4v) is 3.93. The third kappa shape index (κ3) is 4.48. The van der Waals surface area contributed by atoms with Crippen molar-refractivity contribution in [2.45, 2.75) is 63.3 Å². The largest absolute Gasteiger partial charge is 0.388 e. The highest BCUT2D eigenvalue weighted by molar-refractivity contribution is 5.74. The van der Waals surface area contributed by atoms with Gasteiger partial charge in [0.05, 0.1) is 5.60 Å². The topological polar surface area (TPSA) is 64.6 Å². The van der Waals surface area contributed by atoms with Crippen LogP contribution in [0.15, 0.2) is 30.3 Å². The third-order valence-corrected chi connectivity index (χ3v) is 5.38. The average Bonchev–Trinajstić information content (AvgIpc) is 3.14. The monoisotopic (exact) mass is 331 g/mol. The Hall–Kier alpha value is -1.59. The maximum atomic E-state index is 12.1. The zero-order valence-electron chi connectivity index (χ0n) is 14.5. The van der Waals surface area contributed by atoms with Crippen molar-refractivity contribution >= 4 is 6.03 Å². The van der Waals surface area contributed by atoms with Gasteiger partial charge in [-0.25, -0.2) is 4.79 Å². The lowest BCUT2D eigenvalue weighted by Gasteiger charge is -2.23. The fourth-order valence-electron chi connectivity index (χ4n) is 3.93. The van der Waals surface area contributed by atoms with Crippen molar-refractivity contribution in [3.8, 4) is 0 Å². The molecule has 0 bridgehead atoms. The van der Waals surface area contributed by atoms with E-state index in [2.05, 4.69) is 46.7 Å². The predicted molar refractivity (Wildman–Crippen MR) is 94.7 cm³/mol. The van der Waals surface area contributed by atoms with E-state index < -0.39 is 5.60 Å². The molecule has 2 unspecified atom stereocenters. The van der Waals surface area contributed by atoms with Gasteiger partial charge in [-0.3, -0.25) is 4.90 Å². The molecule has 1 heterocycles. The lowest BCUT2D eigenvalue weighted by molar-refractivity contribution is 0.0500. The second-order valence-corrected chi connectivity index (χ2v) is 7.46. The molecule has 0 aromatic heterocycles. The first kappa shape index (κ1) is 17.2. The summed E-state index contributed by atoms with van der Waals surface area (Å²) in [4.78, 5) is 14.5. The van der Waals surface area contributed by atoms with E-state index in [9.17, 15) is 9.90 Å². The van der Waals surface area contributed by atoms with Crippen LogP contribution in [0.1, 0.15) is 44.6 Å². The summed E-state index contributed by atoms with van der Waals surface area (Å²) in [5, 5.41) is 16.2. The van der Waals surface area contributed by atoms with E-state index in [4.69, 9.17) is 0 Å². The van der Waals surface area contributed by atoms with Crippen LogP contribution in [0.25, 0.3) is 0 Å². The third-order valence-electron chi connectivity index (χ3n) is 5.38. The molecule has 1 aromatic rings.